The number of benzene rings is 1. The fourth-order valence-corrected chi connectivity index (χ4v) is 1.29. The van der Waals surface area contributed by atoms with E-state index in [1.54, 1.807) is 13.2 Å². The van der Waals surface area contributed by atoms with Crippen LogP contribution in [-0.2, 0) is 11.2 Å². The van der Waals surface area contributed by atoms with Gasteiger partial charge >= 0.3 is 0 Å². The Labute approximate surface area is 92.0 Å². The molecule has 0 spiro atoms. The van der Waals surface area contributed by atoms with Crippen LogP contribution in [0.25, 0.3) is 11.4 Å². The minimum atomic E-state index is 0.136. The first-order chi connectivity index (χ1) is 7.83. The standard InChI is InChI=1S/C11H10N2O3/c1-15-9-4-2-3-8(7-9)11-12-10(5-6-14)16-13-11/h2-4,6-7H,5H2,1H3. The average molecular weight is 218 g/mol. The van der Waals surface area contributed by atoms with Crippen LogP contribution in [0.3, 0.4) is 0 Å². The van der Waals surface area contributed by atoms with Gasteiger partial charge < -0.3 is 14.1 Å². The average Bonchev–Trinajstić information content (AvgIpc) is 2.78. The lowest BCUT2D eigenvalue weighted by Crippen LogP contribution is -1.87. The maximum atomic E-state index is 10.3. The van der Waals surface area contributed by atoms with Crippen molar-refractivity contribution in [2.45, 2.75) is 6.42 Å². The van der Waals surface area contributed by atoms with Crippen molar-refractivity contribution < 1.29 is 14.1 Å². The maximum absolute atomic E-state index is 10.3. The van der Waals surface area contributed by atoms with Gasteiger partial charge in [-0.3, -0.25) is 0 Å². The molecule has 2 aromatic rings. The number of rotatable bonds is 4. The lowest BCUT2D eigenvalue weighted by molar-refractivity contribution is -0.107. The van der Waals surface area contributed by atoms with Crippen LogP contribution < -0.4 is 4.74 Å². The highest BCUT2D eigenvalue weighted by Gasteiger charge is 2.08. The topological polar surface area (TPSA) is 65.2 Å². The predicted molar refractivity (Wildman–Crippen MR) is 56.1 cm³/mol. The molecule has 0 amide bonds. The highest BCUT2D eigenvalue weighted by atomic mass is 16.5. The van der Waals surface area contributed by atoms with Crippen LogP contribution in [0.1, 0.15) is 5.89 Å². The molecule has 0 aliphatic carbocycles. The summed E-state index contributed by atoms with van der Waals surface area (Å²) in [6, 6.07) is 7.31. The van der Waals surface area contributed by atoms with Gasteiger partial charge in [-0.1, -0.05) is 17.3 Å². The fraction of sp³-hybridized carbons (Fsp3) is 0.182. The van der Waals surface area contributed by atoms with Crippen molar-refractivity contribution in [2.24, 2.45) is 0 Å². The molecule has 0 unspecified atom stereocenters. The molecule has 0 fully saturated rings. The van der Waals surface area contributed by atoms with Crippen molar-refractivity contribution in [1.82, 2.24) is 10.1 Å². The lowest BCUT2D eigenvalue weighted by Gasteiger charge is -1.99. The molecule has 0 N–H and O–H groups in total. The molecule has 5 heteroatoms. The summed E-state index contributed by atoms with van der Waals surface area (Å²) in [7, 11) is 1.59. The molecule has 2 rings (SSSR count). The second-order valence-electron chi connectivity index (χ2n) is 3.11. The van der Waals surface area contributed by atoms with Gasteiger partial charge in [0.1, 0.15) is 12.0 Å². The summed E-state index contributed by atoms with van der Waals surface area (Å²) in [5.74, 6) is 1.49. The molecule has 16 heavy (non-hydrogen) atoms. The zero-order chi connectivity index (χ0) is 11.4. The first-order valence-corrected chi connectivity index (χ1v) is 4.74. The first kappa shape index (κ1) is 10.4. The fourth-order valence-electron chi connectivity index (χ4n) is 1.29. The van der Waals surface area contributed by atoms with Gasteiger partial charge in [-0.05, 0) is 12.1 Å². The maximum Gasteiger partial charge on any atom is 0.234 e. The number of hydrogen-bond donors (Lipinski definition) is 0. The number of aromatic nitrogens is 2. The molecule has 0 aliphatic rings. The van der Waals surface area contributed by atoms with Gasteiger partial charge in [0, 0.05) is 5.56 Å². The summed E-state index contributed by atoms with van der Waals surface area (Å²) >= 11 is 0. The van der Waals surface area contributed by atoms with Gasteiger partial charge in [-0.15, -0.1) is 0 Å². The molecule has 1 aromatic heterocycles. The third-order valence-corrected chi connectivity index (χ3v) is 2.05. The molecule has 1 heterocycles. The molecule has 0 bridgehead atoms. The van der Waals surface area contributed by atoms with Crippen molar-refractivity contribution in [3.05, 3.63) is 30.2 Å². The lowest BCUT2D eigenvalue weighted by atomic mass is 10.2. The zero-order valence-electron chi connectivity index (χ0n) is 8.71. The normalized spacial score (nSPS) is 10.1. The predicted octanol–water partition coefficient (Wildman–Crippen LogP) is 1.49. The number of hydrogen-bond acceptors (Lipinski definition) is 5. The number of nitrogens with zero attached hydrogens (tertiary/aromatic N) is 2. The third kappa shape index (κ3) is 2.08. The van der Waals surface area contributed by atoms with E-state index in [-0.39, 0.29) is 6.42 Å². The summed E-state index contributed by atoms with van der Waals surface area (Å²) in [4.78, 5) is 14.4. The molecule has 82 valence electrons. The monoisotopic (exact) mass is 218 g/mol. The molecule has 0 saturated carbocycles. The van der Waals surface area contributed by atoms with Gasteiger partial charge in [0.25, 0.3) is 0 Å². The number of aldehydes is 1. The Morgan fingerprint density at radius 3 is 3.12 bits per heavy atom. The summed E-state index contributed by atoms with van der Waals surface area (Å²) in [5, 5.41) is 3.78. The van der Waals surface area contributed by atoms with Crippen LogP contribution in [0.2, 0.25) is 0 Å². The van der Waals surface area contributed by atoms with Crippen LogP contribution in [0.15, 0.2) is 28.8 Å². The van der Waals surface area contributed by atoms with Gasteiger partial charge in [-0.2, -0.15) is 4.98 Å². The SMILES string of the molecule is COc1cccc(-c2noc(CC=O)n2)c1. The molecule has 0 aliphatic heterocycles. The van der Waals surface area contributed by atoms with E-state index in [2.05, 4.69) is 10.1 Å². The first-order valence-electron chi connectivity index (χ1n) is 4.74. The van der Waals surface area contributed by atoms with Crippen molar-refractivity contribution in [3.8, 4) is 17.1 Å². The van der Waals surface area contributed by atoms with E-state index in [1.165, 1.54) is 0 Å². The largest absolute Gasteiger partial charge is 0.497 e. The summed E-state index contributed by atoms with van der Waals surface area (Å²) < 4.78 is 9.99. The van der Waals surface area contributed by atoms with E-state index >= 15 is 0 Å². The summed E-state index contributed by atoms with van der Waals surface area (Å²) in [5.41, 5.74) is 0.792. The Balaban J connectivity index is 2.30. The van der Waals surface area contributed by atoms with Gasteiger partial charge in [0.2, 0.25) is 11.7 Å². The van der Waals surface area contributed by atoms with Gasteiger partial charge in [0.15, 0.2) is 0 Å². The van der Waals surface area contributed by atoms with E-state index in [1.807, 2.05) is 18.2 Å². The molecular weight excluding hydrogens is 208 g/mol. The molecule has 0 saturated heterocycles. The third-order valence-electron chi connectivity index (χ3n) is 2.05. The Bertz CT molecular complexity index is 493. The van der Waals surface area contributed by atoms with Crippen LogP contribution >= 0.6 is 0 Å². The van der Waals surface area contributed by atoms with E-state index in [4.69, 9.17) is 9.26 Å². The quantitative estimate of drug-likeness (QED) is 0.727. The van der Waals surface area contributed by atoms with Gasteiger partial charge in [0.05, 0.1) is 13.5 Å². The number of carbonyl (C=O) groups is 1. The van der Waals surface area contributed by atoms with E-state index in [0.717, 1.165) is 17.6 Å². The van der Waals surface area contributed by atoms with Crippen LogP contribution in [0, 0.1) is 0 Å². The van der Waals surface area contributed by atoms with Crippen LogP contribution in [-0.4, -0.2) is 23.5 Å². The van der Waals surface area contributed by atoms with Crippen molar-refractivity contribution >= 4 is 6.29 Å². The minimum Gasteiger partial charge on any atom is -0.497 e. The van der Waals surface area contributed by atoms with Crippen molar-refractivity contribution in [1.29, 1.82) is 0 Å². The smallest absolute Gasteiger partial charge is 0.234 e. The number of ether oxygens (including phenoxy) is 1. The highest BCUT2D eigenvalue weighted by molar-refractivity contribution is 5.58. The molecule has 0 atom stereocenters. The van der Waals surface area contributed by atoms with Crippen LogP contribution in [0.5, 0.6) is 5.75 Å². The number of methoxy groups -OCH3 is 1. The molecular formula is C11H10N2O3. The summed E-state index contributed by atoms with van der Waals surface area (Å²) in [6.07, 6.45) is 0.861. The molecule has 5 nitrogen and oxygen atoms in total. The zero-order valence-corrected chi connectivity index (χ0v) is 8.71. The summed E-state index contributed by atoms with van der Waals surface area (Å²) in [6.45, 7) is 0. The molecule has 0 radical (unpaired) electrons. The Morgan fingerprint density at radius 1 is 1.50 bits per heavy atom. The second-order valence-corrected chi connectivity index (χ2v) is 3.11. The van der Waals surface area contributed by atoms with Gasteiger partial charge in [-0.25, -0.2) is 0 Å². The van der Waals surface area contributed by atoms with E-state index in [0.29, 0.717) is 11.7 Å². The highest BCUT2D eigenvalue weighted by Crippen LogP contribution is 2.21. The Hall–Kier alpha value is -2.17. The Kier molecular flexibility index (Phi) is 2.95. The molecule has 1 aromatic carbocycles. The van der Waals surface area contributed by atoms with Crippen LogP contribution in [0.4, 0.5) is 0 Å². The Morgan fingerprint density at radius 2 is 2.38 bits per heavy atom. The van der Waals surface area contributed by atoms with E-state index in [9.17, 15) is 4.79 Å². The van der Waals surface area contributed by atoms with Crippen molar-refractivity contribution in [3.63, 3.8) is 0 Å². The second kappa shape index (κ2) is 4.57. The van der Waals surface area contributed by atoms with Crippen molar-refractivity contribution in [2.75, 3.05) is 7.11 Å². The minimum absolute atomic E-state index is 0.136. The van der Waals surface area contributed by atoms with E-state index < -0.39 is 0 Å². The number of carbonyl (C=O) groups excluding carboxylic acids is 1.